The molecule has 0 saturated carbocycles. The van der Waals surface area contributed by atoms with Crippen LogP contribution in [0, 0.1) is 0 Å². The third-order valence-corrected chi connectivity index (χ3v) is 20.7. The number of benzene rings is 2. The summed E-state index contributed by atoms with van der Waals surface area (Å²) in [5.41, 5.74) is -0.687. The van der Waals surface area contributed by atoms with Gasteiger partial charge in [-0.3, -0.25) is 0 Å². The van der Waals surface area contributed by atoms with Gasteiger partial charge in [0.15, 0.2) is 0 Å². The third-order valence-electron chi connectivity index (χ3n) is 19.0. The van der Waals surface area contributed by atoms with Crippen LogP contribution in [0.2, 0.25) is 0 Å². The SMILES string of the molecule is CCCCC/C=C/CCCCCCCCCCCOC(=O)c1ccc(S(=O)(=O)[O-])cc1C(=O)OCCCCCCCCCCC/C=C/CCCCC.CCCCC/C=C/CCCCCCCCCCCOC(=O)c1ccc(S(=O)(=O)[O-])cc1C(=O)OCCCCCCCCCCC/C=C/CCCCC.[Ca+2]. The second-order valence-corrected chi connectivity index (χ2v) is 31.4. The van der Waals surface area contributed by atoms with Crippen molar-refractivity contribution in [3.63, 3.8) is 0 Å². The maximum Gasteiger partial charge on any atom is 2.00 e. The molecule has 0 aliphatic heterocycles. The van der Waals surface area contributed by atoms with Crippen molar-refractivity contribution < 1.29 is 64.1 Å². The van der Waals surface area contributed by atoms with Gasteiger partial charge in [0.25, 0.3) is 0 Å². The molecule has 0 N–H and O–H groups in total. The van der Waals surface area contributed by atoms with Crippen LogP contribution in [0.15, 0.2) is 94.8 Å². The zero-order chi connectivity index (χ0) is 75.9. The van der Waals surface area contributed by atoms with Crippen LogP contribution in [0.1, 0.15) is 429 Å². The van der Waals surface area contributed by atoms with Crippen LogP contribution in [0.5, 0.6) is 0 Å². The normalized spacial score (nSPS) is 11.8. The van der Waals surface area contributed by atoms with Crippen molar-refractivity contribution in [2.45, 2.75) is 397 Å². The molecule has 0 bridgehead atoms. The van der Waals surface area contributed by atoms with Crippen LogP contribution in [0.3, 0.4) is 0 Å². The minimum Gasteiger partial charge on any atom is -0.744 e. The van der Waals surface area contributed by atoms with Gasteiger partial charge in [-0.25, -0.2) is 36.0 Å². The number of allylic oxidation sites excluding steroid dienone is 8. The van der Waals surface area contributed by atoms with E-state index in [2.05, 4.69) is 76.3 Å². The fourth-order valence-corrected chi connectivity index (χ4v) is 13.4. The molecule has 0 saturated heterocycles. The molecule has 2 rings (SSSR count). The molecule has 0 heterocycles. The van der Waals surface area contributed by atoms with Gasteiger partial charge >= 0.3 is 61.6 Å². The summed E-state index contributed by atoms with van der Waals surface area (Å²) in [5, 5.41) is 0. The molecule has 0 aromatic heterocycles. The molecule has 105 heavy (non-hydrogen) atoms. The molecular weight excluding hydrogens is 1390 g/mol. The van der Waals surface area contributed by atoms with Crippen molar-refractivity contribution in [1.82, 2.24) is 0 Å². The van der Waals surface area contributed by atoms with E-state index in [9.17, 15) is 45.1 Å². The summed E-state index contributed by atoms with van der Waals surface area (Å²) in [6.45, 7) is 9.66. The van der Waals surface area contributed by atoms with E-state index in [1.165, 1.54) is 269 Å². The van der Waals surface area contributed by atoms with Crippen LogP contribution in [0.4, 0.5) is 0 Å². The van der Waals surface area contributed by atoms with E-state index in [0.717, 1.165) is 101 Å². The predicted molar refractivity (Wildman–Crippen MR) is 434 cm³/mol. The van der Waals surface area contributed by atoms with Crippen LogP contribution < -0.4 is 0 Å². The van der Waals surface area contributed by atoms with Gasteiger partial charge in [0, 0.05) is 0 Å². The van der Waals surface area contributed by atoms with E-state index in [1.807, 2.05) is 0 Å². The summed E-state index contributed by atoms with van der Waals surface area (Å²) >= 11 is 0. The number of unbranched alkanes of at least 4 members (excludes halogenated alkanes) is 48. The van der Waals surface area contributed by atoms with E-state index in [-0.39, 0.29) is 86.4 Å². The molecule has 596 valence electrons. The second kappa shape index (κ2) is 73.2. The average Bonchev–Trinajstić information content (AvgIpc) is 0.816. The average molecular weight is 1530 g/mol. The Morgan fingerprint density at radius 3 is 0.600 bits per heavy atom. The number of esters is 4. The number of rotatable bonds is 70. The zero-order valence-electron chi connectivity index (χ0n) is 66.7. The molecule has 2 aromatic rings. The topological polar surface area (TPSA) is 220 Å². The Hall–Kier alpha value is -3.64. The summed E-state index contributed by atoms with van der Waals surface area (Å²) in [7, 11) is -9.63. The maximum absolute atomic E-state index is 12.9. The van der Waals surface area contributed by atoms with Crippen molar-refractivity contribution in [3.8, 4) is 0 Å². The van der Waals surface area contributed by atoms with Gasteiger partial charge in [-0.15, -0.1) is 0 Å². The standard InChI is InChI=1S/2C44H74O7S.Ca/c2*1-3-5-7-9-11-13-15-17-19-21-23-25-27-29-31-33-37-50-43(45)41-36-35-40(52(47,48)49)39-42(41)44(46)51-38-34-32-30-28-26-24-22-20-18-16-14-12-10-8-6-4-2;/h2*11-14,35-36,39H,3-10,15-34,37-38H2,1-2H3,(H,47,48,49);/q;;+2/p-2/b2*13-11+,14-12+;. The fourth-order valence-electron chi connectivity index (χ4n) is 12.4. The van der Waals surface area contributed by atoms with Gasteiger partial charge in [0.2, 0.25) is 0 Å². The van der Waals surface area contributed by atoms with Crippen molar-refractivity contribution in [3.05, 3.63) is 107 Å². The quantitative estimate of drug-likeness (QED) is 0.0150. The fraction of sp³-hybridized carbons (Fsp3) is 0.727. The number of hydrogen-bond donors (Lipinski definition) is 0. The minimum atomic E-state index is -4.81. The first-order chi connectivity index (χ1) is 50.6. The van der Waals surface area contributed by atoms with E-state index in [0.29, 0.717) is 25.7 Å². The Morgan fingerprint density at radius 1 is 0.257 bits per heavy atom. The molecular formula is C88H146CaO14S2. The van der Waals surface area contributed by atoms with Crippen LogP contribution in [-0.4, -0.2) is 114 Å². The van der Waals surface area contributed by atoms with Gasteiger partial charge in [-0.05, 0) is 165 Å². The summed E-state index contributed by atoms with van der Waals surface area (Å²) in [5.74, 6) is -3.10. The minimum absolute atomic E-state index is 0. The molecule has 0 fully saturated rings. The smallest absolute Gasteiger partial charge is 0.744 e. The summed E-state index contributed by atoms with van der Waals surface area (Å²) < 4.78 is 91.4. The molecule has 0 amide bonds. The molecule has 17 heteroatoms. The maximum atomic E-state index is 12.9. The van der Waals surface area contributed by atoms with E-state index < -0.39 is 53.9 Å². The van der Waals surface area contributed by atoms with Gasteiger partial charge in [-0.2, -0.15) is 0 Å². The first kappa shape index (κ1) is 101. The summed E-state index contributed by atoms with van der Waals surface area (Å²) in [6.07, 6.45) is 84.2. The van der Waals surface area contributed by atoms with Crippen molar-refractivity contribution in [1.29, 1.82) is 0 Å². The van der Waals surface area contributed by atoms with Gasteiger partial charge in [-0.1, -0.05) is 307 Å². The third kappa shape index (κ3) is 60.8. The molecule has 0 aliphatic rings. The first-order valence-electron chi connectivity index (χ1n) is 42.1. The van der Waals surface area contributed by atoms with Crippen LogP contribution >= 0.6 is 0 Å². The van der Waals surface area contributed by atoms with Crippen molar-refractivity contribution in [2.75, 3.05) is 26.4 Å². The summed E-state index contributed by atoms with van der Waals surface area (Å²) in [6, 6.07) is 6.26. The Morgan fingerprint density at radius 2 is 0.419 bits per heavy atom. The molecule has 0 radical (unpaired) electrons. The van der Waals surface area contributed by atoms with Gasteiger partial charge in [0.1, 0.15) is 20.2 Å². The number of carbonyl (C=O) groups excluding carboxylic acids is 4. The predicted octanol–water partition coefficient (Wildman–Crippen LogP) is 25.6. The molecule has 0 atom stereocenters. The number of carbonyl (C=O) groups is 4. The van der Waals surface area contributed by atoms with E-state index in [1.54, 1.807) is 0 Å². The van der Waals surface area contributed by atoms with E-state index >= 15 is 0 Å². The van der Waals surface area contributed by atoms with Crippen LogP contribution in [-0.2, 0) is 39.2 Å². The van der Waals surface area contributed by atoms with Crippen molar-refractivity contribution in [2.24, 2.45) is 0 Å². The Balaban J connectivity index is 0.00000204. The van der Waals surface area contributed by atoms with Gasteiger partial charge in [0.05, 0.1) is 58.5 Å². The molecule has 14 nitrogen and oxygen atoms in total. The van der Waals surface area contributed by atoms with Gasteiger partial charge < -0.3 is 28.1 Å². The molecule has 0 aliphatic carbocycles. The van der Waals surface area contributed by atoms with Crippen molar-refractivity contribution >= 4 is 81.9 Å². The molecule has 0 unspecified atom stereocenters. The molecule has 0 spiro atoms. The number of hydrogen-bond acceptors (Lipinski definition) is 14. The summed E-state index contributed by atoms with van der Waals surface area (Å²) in [4.78, 5) is 50.4. The molecule has 2 aromatic carbocycles. The Bertz CT molecular complexity index is 2610. The van der Waals surface area contributed by atoms with E-state index in [4.69, 9.17) is 18.9 Å². The Labute approximate surface area is 671 Å². The Kier molecular flexibility index (Phi) is 70.6. The van der Waals surface area contributed by atoms with Crippen LogP contribution in [0.25, 0.3) is 0 Å². The zero-order valence-corrected chi connectivity index (χ0v) is 70.6. The monoisotopic (exact) mass is 1530 g/mol. The second-order valence-electron chi connectivity index (χ2n) is 28.6. The number of ether oxygens (including phenoxy) is 4. The first-order valence-corrected chi connectivity index (χ1v) is 44.9. The largest absolute Gasteiger partial charge is 2.00 e.